The summed E-state index contributed by atoms with van der Waals surface area (Å²) in [5, 5.41) is 1.10. The third-order valence-electron chi connectivity index (χ3n) is 2.57. The first-order chi connectivity index (χ1) is 7.72. The lowest BCUT2D eigenvalue weighted by molar-refractivity contribution is 0.218. The summed E-state index contributed by atoms with van der Waals surface area (Å²) in [5.74, 6) is 0.840. The molecule has 0 unspecified atom stereocenters. The van der Waals surface area contributed by atoms with Gasteiger partial charge in [0, 0.05) is 11.6 Å². The number of aromatic nitrogens is 1. The van der Waals surface area contributed by atoms with E-state index in [9.17, 15) is 0 Å². The van der Waals surface area contributed by atoms with E-state index in [-0.39, 0.29) is 6.10 Å². The van der Waals surface area contributed by atoms with Crippen molar-refractivity contribution in [2.75, 3.05) is 0 Å². The Bertz CT molecular complexity index is 498. The quantitative estimate of drug-likeness (QED) is 0.841. The smallest absolute Gasteiger partial charge is 0.160 e. The molecule has 1 aromatic heterocycles. The molecule has 1 heterocycles. The number of hydrogen-bond acceptors (Lipinski definition) is 2. The second-order valence-electron chi connectivity index (χ2n) is 3.79. The molecule has 1 atom stereocenters. The topological polar surface area (TPSA) is 22.1 Å². The number of ether oxygens (including phenoxy) is 1. The highest BCUT2D eigenvalue weighted by molar-refractivity contribution is 9.10. The van der Waals surface area contributed by atoms with Crippen LogP contribution >= 0.6 is 15.9 Å². The third kappa shape index (κ3) is 2.19. The van der Waals surface area contributed by atoms with Crippen LogP contribution in [0.4, 0.5) is 0 Å². The second kappa shape index (κ2) is 4.83. The zero-order chi connectivity index (χ0) is 11.5. The predicted molar refractivity (Wildman–Crippen MR) is 69.8 cm³/mol. The molecule has 0 amide bonds. The van der Waals surface area contributed by atoms with Crippen molar-refractivity contribution in [1.29, 1.82) is 0 Å². The van der Waals surface area contributed by atoms with Gasteiger partial charge >= 0.3 is 0 Å². The minimum absolute atomic E-state index is 0.198. The third-order valence-corrected chi connectivity index (χ3v) is 3.20. The van der Waals surface area contributed by atoms with Gasteiger partial charge in [-0.1, -0.05) is 19.1 Å². The molecule has 0 saturated heterocycles. The molecule has 0 aliphatic rings. The summed E-state index contributed by atoms with van der Waals surface area (Å²) in [5.41, 5.74) is 0.914. The van der Waals surface area contributed by atoms with Crippen LogP contribution in [0, 0.1) is 0 Å². The Morgan fingerprint density at radius 3 is 2.94 bits per heavy atom. The molecule has 0 spiro atoms. The van der Waals surface area contributed by atoms with Crippen LogP contribution in [0.15, 0.2) is 34.9 Å². The van der Waals surface area contributed by atoms with Crippen molar-refractivity contribution in [3.05, 3.63) is 34.9 Å². The molecule has 2 rings (SSSR count). The number of rotatable bonds is 3. The summed E-state index contributed by atoms with van der Waals surface area (Å²) in [6.07, 6.45) is 2.97. The van der Waals surface area contributed by atoms with Crippen LogP contribution in [-0.2, 0) is 0 Å². The van der Waals surface area contributed by atoms with Crippen LogP contribution in [0.25, 0.3) is 10.9 Å². The molecule has 0 N–H and O–H groups in total. The number of halogens is 1. The Kier molecular flexibility index (Phi) is 3.44. The van der Waals surface area contributed by atoms with E-state index in [1.807, 2.05) is 24.3 Å². The number of fused-ring (bicyclic) bond motifs is 1. The zero-order valence-electron chi connectivity index (χ0n) is 9.40. The average molecular weight is 280 g/mol. The van der Waals surface area contributed by atoms with Crippen molar-refractivity contribution in [2.45, 2.75) is 26.4 Å². The predicted octanol–water partition coefficient (Wildman–Crippen LogP) is 4.17. The number of nitrogens with zero attached hydrogens (tertiary/aromatic N) is 1. The van der Waals surface area contributed by atoms with Gasteiger partial charge in [0.25, 0.3) is 0 Å². The van der Waals surface area contributed by atoms with Crippen LogP contribution in [0.3, 0.4) is 0 Å². The van der Waals surface area contributed by atoms with Gasteiger partial charge in [-0.25, -0.2) is 0 Å². The van der Waals surface area contributed by atoms with Crippen LogP contribution < -0.4 is 4.74 Å². The molecule has 0 aliphatic carbocycles. The molecule has 2 nitrogen and oxygen atoms in total. The summed E-state index contributed by atoms with van der Waals surface area (Å²) in [7, 11) is 0. The molecule has 0 aliphatic heterocycles. The van der Waals surface area contributed by atoms with E-state index in [0.717, 1.165) is 27.5 Å². The fourth-order valence-electron chi connectivity index (χ4n) is 1.49. The van der Waals surface area contributed by atoms with E-state index >= 15 is 0 Å². The van der Waals surface area contributed by atoms with Gasteiger partial charge in [-0.3, -0.25) is 4.98 Å². The largest absolute Gasteiger partial charge is 0.487 e. The highest BCUT2D eigenvalue weighted by Crippen LogP contribution is 2.33. The molecular weight excluding hydrogens is 266 g/mol. The van der Waals surface area contributed by atoms with Crippen molar-refractivity contribution in [1.82, 2.24) is 4.98 Å². The second-order valence-corrected chi connectivity index (χ2v) is 4.64. The fourth-order valence-corrected chi connectivity index (χ4v) is 1.90. The molecular formula is C13H14BrNO. The lowest BCUT2D eigenvalue weighted by Gasteiger charge is -2.15. The van der Waals surface area contributed by atoms with Gasteiger partial charge in [-0.2, -0.15) is 0 Å². The molecule has 16 heavy (non-hydrogen) atoms. The van der Waals surface area contributed by atoms with E-state index in [2.05, 4.69) is 34.8 Å². The van der Waals surface area contributed by atoms with E-state index in [1.165, 1.54) is 0 Å². The summed E-state index contributed by atoms with van der Waals surface area (Å²) in [6.45, 7) is 4.17. The van der Waals surface area contributed by atoms with E-state index < -0.39 is 0 Å². The van der Waals surface area contributed by atoms with E-state index in [1.54, 1.807) is 6.20 Å². The van der Waals surface area contributed by atoms with E-state index in [4.69, 9.17) is 4.74 Å². The Balaban J connectivity index is 2.52. The lowest BCUT2D eigenvalue weighted by atomic mass is 10.2. The number of hydrogen-bond donors (Lipinski definition) is 0. The van der Waals surface area contributed by atoms with E-state index in [0.29, 0.717) is 0 Å². The Hall–Kier alpha value is -1.09. The average Bonchev–Trinajstić information content (AvgIpc) is 2.32. The Labute approximate surface area is 104 Å². The lowest BCUT2D eigenvalue weighted by Crippen LogP contribution is -2.10. The van der Waals surface area contributed by atoms with Gasteiger partial charge in [0.2, 0.25) is 0 Å². The number of pyridine rings is 1. The SMILES string of the molecule is CC[C@@H](C)Oc1c(Br)ccc2cccnc12. The molecule has 0 radical (unpaired) electrons. The minimum atomic E-state index is 0.198. The van der Waals surface area contributed by atoms with Gasteiger partial charge in [0.05, 0.1) is 10.6 Å². The standard InChI is InChI=1S/C13H14BrNO/c1-3-9(2)16-13-11(14)7-6-10-5-4-8-15-12(10)13/h4-9H,3H2,1-2H3/t9-/m1/s1. The monoisotopic (exact) mass is 279 g/mol. The molecule has 0 bridgehead atoms. The van der Waals surface area contributed by atoms with Gasteiger partial charge in [0.15, 0.2) is 5.75 Å². The molecule has 2 aromatic rings. The van der Waals surface area contributed by atoms with Gasteiger partial charge in [-0.15, -0.1) is 0 Å². The van der Waals surface area contributed by atoms with Crippen molar-refractivity contribution in [3.8, 4) is 5.75 Å². The summed E-state index contributed by atoms with van der Waals surface area (Å²) in [6, 6.07) is 8.01. The minimum Gasteiger partial charge on any atom is -0.487 e. The maximum absolute atomic E-state index is 5.90. The summed E-state index contributed by atoms with van der Waals surface area (Å²) >= 11 is 3.51. The first kappa shape index (κ1) is 11.4. The molecule has 0 fully saturated rings. The molecule has 1 aromatic carbocycles. The highest BCUT2D eigenvalue weighted by atomic mass is 79.9. The Morgan fingerprint density at radius 1 is 1.38 bits per heavy atom. The van der Waals surface area contributed by atoms with Crippen molar-refractivity contribution < 1.29 is 4.74 Å². The number of benzene rings is 1. The van der Waals surface area contributed by atoms with Crippen LogP contribution in [0.1, 0.15) is 20.3 Å². The van der Waals surface area contributed by atoms with Crippen LogP contribution in [-0.4, -0.2) is 11.1 Å². The van der Waals surface area contributed by atoms with Crippen LogP contribution in [0.5, 0.6) is 5.75 Å². The summed E-state index contributed by atoms with van der Waals surface area (Å²) in [4.78, 5) is 4.37. The molecule has 0 saturated carbocycles. The van der Waals surface area contributed by atoms with Gasteiger partial charge in [0.1, 0.15) is 5.52 Å². The molecule has 84 valence electrons. The Morgan fingerprint density at radius 2 is 2.19 bits per heavy atom. The van der Waals surface area contributed by atoms with Crippen molar-refractivity contribution >= 4 is 26.8 Å². The van der Waals surface area contributed by atoms with Gasteiger partial charge < -0.3 is 4.74 Å². The normalized spacial score (nSPS) is 12.7. The van der Waals surface area contributed by atoms with Crippen molar-refractivity contribution in [2.24, 2.45) is 0 Å². The molecule has 3 heteroatoms. The maximum Gasteiger partial charge on any atom is 0.160 e. The van der Waals surface area contributed by atoms with Crippen LogP contribution in [0.2, 0.25) is 0 Å². The maximum atomic E-state index is 5.90. The first-order valence-electron chi connectivity index (χ1n) is 5.42. The zero-order valence-corrected chi connectivity index (χ0v) is 11.0. The first-order valence-corrected chi connectivity index (χ1v) is 6.21. The summed E-state index contributed by atoms with van der Waals surface area (Å²) < 4.78 is 6.86. The van der Waals surface area contributed by atoms with Crippen molar-refractivity contribution in [3.63, 3.8) is 0 Å². The highest BCUT2D eigenvalue weighted by Gasteiger charge is 2.10. The van der Waals surface area contributed by atoms with Gasteiger partial charge in [-0.05, 0) is 41.4 Å². The fraction of sp³-hybridized carbons (Fsp3) is 0.308.